The van der Waals surface area contributed by atoms with Gasteiger partial charge in [-0.25, -0.2) is 0 Å². The van der Waals surface area contributed by atoms with Crippen LogP contribution in [0.5, 0.6) is 0 Å². The van der Waals surface area contributed by atoms with E-state index in [2.05, 4.69) is 19.2 Å². The number of fused-ring (bicyclic) bond motifs is 1. The molecule has 0 bridgehead atoms. The number of rotatable bonds is 5. The maximum atomic E-state index is 6.29. The molecule has 3 nitrogen and oxygen atoms in total. The molecule has 20 heavy (non-hydrogen) atoms. The van der Waals surface area contributed by atoms with Gasteiger partial charge in [0, 0.05) is 24.1 Å². The van der Waals surface area contributed by atoms with Gasteiger partial charge in [0.1, 0.15) is 5.76 Å². The molecular formula is C14H16Cl3NO2. The molecule has 0 radical (unpaired) electrons. The van der Waals surface area contributed by atoms with Gasteiger partial charge in [-0.3, -0.25) is 0 Å². The lowest BCUT2D eigenvalue weighted by molar-refractivity contribution is 0.183. The molecule has 0 saturated carbocycles. The molecule has 2 rings (SSSR count). The third kappa shape index (κ3) is 3.07. The van der Waals surface area contributed by atoms with E-state index in [9.17, 15) is 0 Å². The Bertz CT molecular complexity index is 623. The Kier molecular flexibility index (Phi) is 5.21. The zero-order chi connectivity index (χ0) is 14.9. The van der Waals surface area contributed by atoms with E-state index in [0.29, 0.717) is 39.8 Å². The van der Waals surface area contributed by atoms with Gasteiger partial charge >= 0.3 is 0 Å². The van der Waals surface area contributed by atoms with Gasteiger partial charge in [-0.1, -0.05) is 48.7 Å². The zero-order valence-corrected chi connectivity index (χ0v) is 13.8. The SMILES string of the molecule is COCc1c(CNC(C)C)oc2c(Cl)cc(Cl)c(Cl)c12. The number of furan rings is 1. The van der Waals surface area contributed by atoms with Crippen LogP contribution >= 0.6 is 34.8 Å². The third-order valence-corrected chi connectivity index (χ3v) is 4.02. The van der Waals surface area contributed by atoms with E-state index in [1.807, 2.05) is 0 Å². The number of methoxy groups -OCH3 is 1. The molecule has 0 spiro atoms. The van der Waals surface area contributed by atoms with Crippen LogP contribution in [0, 0.1) is 0 Å². The van der Waals surface area contributed by atoms with Crippen molar-refractivity contribution >= 4 is 45.8 Å². The van der Waals surface area contributed by atoms with Crippen molar-refractivity contribution in [3.8, 4) is 0 Å². The smallest absolute Gasteiger partial charge is 0.154 e. The van der Waals surface area contributed by atoms with E-state index in [1.165, 1.54) is 0 Å². The fraction of sp³-hybridized carbons (Fsp3) is 0.429. The molecule has 0 fully saturated rings. The van der Waals surface area contributed by atoms with Gasteiger partial charge in [-0.15, -0.1) is 0 Å². The van der Waals surface area contributed by atoms with Crippen LogP contribution in [0.25, 0.3) is 11.0 Å². The van der Waals surface area contributed by atoms with Crippen LogP contribution in [-0.2, 0) is 17.9 Å². The maximum absolute atomic E-state index is 6.29. The van der Waals surface area contributed by atoms with Crippen molar-refractivity contribution < 1.29 is 9.15 Å². The van der Waals surface area contributed by atoms with Gasteiger partial charge in [0.25, 0.3) is 0 Å². The molecule has 0 amide bonds. The summed E-state index contributed by atoms with van der Waals surface area (Å²) in [4.78, 5) is 0. The summed E-state index contributed by atoms with van der Waals surface area (Å²) in [5, 5.41) is 5.33. The molecule has 1 N–H and O–H groups in total. The first-order chi connectivity index (χ1) is 9.45. The minimum atomic E-state index is 0.341. The second-order valence-electron chi connectivity index (χ2n) is 4.83. The molecule has 0 aliphatic heterocycles. The number of hydrogen-bond donors (Lipinski definition) is 1. The number of hydrogen-bond acceptors (Lipinski definition) is 3. The van der Waals surface area contributed by atoms with Crippen molar-refractivity contribution in [1.82, 2.24) is 5.32 Å². The monoisotopic (exact) mass is 335 g/mol. The number of ether oxygens (including phenoxy) is 1. The van der Waals surface area contributed by atoms with Crippen molar-refractivity contribution in [1.29, 1.82) is 0 Å². The third-order valence-electron chi connectivity index (χ3n) is 2.95. The van der Waals surface area contributed by atoms with E-state index >= 15 is 0 Å². The van der Waals surface area contributed by atoms with E-state index in [0.717, 1.165) is 16.7 Å². The molecule has 1 aromatic carbocycles. The maximum Gasteiger partial charge on any atom is 0.154 e. The molecule has 0 saturated heterocycles. The van der Waals surface area contributed by atoms with Crippen LogP contribution in [0.1, 0.15) is 25.2 Å². The summed E-state index contributed by atoms with van der Waals surface area (Å²) in [5.41, 5.74) is 1.43. The summed E-state index contributed by atoms with van der Waals surface area (Å²) in [6, 6.07) is 1.93. The predicted molar refractivity (Wildman–Crippen MR) is 83.9 cm³/mol. The topological polar surface area (TPSA) is 34.4 Å². The molecule has 0 aliphatic rings. The van der Waals surface area contributed by atoms with Crippen molar-refractivity contribution in [2.24, 2.45) is 0 Å². The fourth-order valence-corrected chi connectivity index (χ4v) is 2.76. The highest BCUT2D eigenvalue weighted by Crippen LogP contribution is 2.41. The predicted octanol–water partition coefficient (Wildman–Crippen LogP) is 5.04. The molecule has 2 aromatic rings. The molecule has 1 heterocycles. The number of halogens is 3. The van der Waals surface area contributed by atoms with Crippen LogP contribution in [0.15, 0.2) is 10.5 Å². The lowest BCUT2D eigenvalue weighted by Gasteiger charge is -2.07. The van der Waals surface area contributed by atoms with E-state index < -0.39 is 0 Å². The second-order valence-corrected chi connectivity index (χ2v) is 6.02. The highest BCUT2D eigenvalue weighted by molar-refractivity contribution is 6.47. The fourth-order valence-electron chi connectivity index (χ4n) is 2.01. The van der Waals surface area contributed by atoms with Gasteiger partial charge in [0.15, 0.2) is 5.58 Å². The molecule has 0 aliphatic carbocycles. The highest BCUT2D eigenvalue weighted by atomic mass is 35.5. The first-order valence-electron chi connectivity index (χ1n) is 6.25. The normalized spacial score (nSPS) is 11.8. The average molecular weight is 337 g/mol. The highest BCUT2D eigenvalue weighted by Gasteiger charge is 2.21. The van der Waals surface area contributed by atoms with E-state index in [-0.39, 0.29) is 0 Å². The van der Waals surface area contributed by atoms with E-state index in [1.54, 1.807) is 13.2 Å². The summed E-state index contributed by atoms with van der Waals surface area (Å²) in [7, 11) is 1.62. The largest absolute Gasteiger partial charge is 0.458 e. The quantitative estimate of drug-likeness (QED) is 0.777. The number of benzene rings is 1. The number of nitrogens with one attached hydrogen (secondary N) is 1. The lowest BCUT2D eigenvalue weighted by atomic mass is 10.1. The Morgan fingerprint density at radius 2 is 1.95 bits per heavy atom. The Morgan fingerprint density at radius 1 is 1.25 bits per heavy atom. The van der Waals surface area contributed by atoms with Crippen LogP contribution in [-0.4, -0.2) is 13.2 Å². The first kappa shape index (κ1) is 15.9. The summed E-state index contributed by atoms with van der Waals surface area (Å²) in [5.74, 6) is 0.765. The Balaban J connectivity index is 2.60. The molecular weight excluding hydrogens is 321 g/mol. The zero-order valence-electron chi connectivity index (χ0n) is 11.5. The van der Waals surface area contributed by atoms with E-state index in [4.69, 9.17) is 44.0 Å². The molecule has 110 valence electrons. The summed E-state index contributed by atoms with van der Waals surface area (Å²) >= 11 is 18.6. The lowest BCUT2D eigenvalue weighted by Crippen LogP contribution is -2.22. The van der Waals surface area contributed by atoms with Crippen LogP contribution in [0.3, 0.4) is 0 Å². The minimum absolute atomic E-state index is 0.341. The Hall–Kier alpha value is -0.450. The van der Waals surface area contributed by atoms with Crippen LogP contribution in [0.4, 0.5) is 0 Å². The second kappa shape index (κ2) is 6.54. The van der Waals surface area contributed by atoms with Crippen molar-refractivity contribution in [2.75, 3.05) is 7.11 Å². The molecule has 1 aromatic heterocycles. The standard InChI is InChI=1S/C14H16Cl3NO2/c1-7(2)18-5-11-8(6-19-3)12-13(17)9(15)4-10(16)14(12)20-11/h4,7,18H,5-6H2,1-3H3. The Labute approximate surface area is 133 Å². The van der Waals surface area contributed by atoms with Crippen molar-refractivity contribution in [3.05, 3.63) is 32.5 Å². The van der Waals surface area contributed by atoms with Gasteiger partial charge in [-0.05, 0) is 6.07 Å². The van der Waals surface area contributed by atoms with Crippen molar-refractivity contribution in [2.45, 2.75) is 33.0 Å². The van der Waals surface area contributed by atoms with Crippen LogP contribution in [0.2, 0.25) is 15.1 Å². The molecule has 0 atom stereocenters. The van der Waals surface area contributed by atoms with Gasteiger partial charge in [-0.2, -0.15) is 0 Å². The Morgan fingerprint density at radius 3 is 2.55 bits per heavy atom. The van der Waals surface area contributed by atoms with Gasteiger partial charge in [0.2, 0.25) is 0 Å². The van der Waals surface area contributed by atoms with Gasteiger partial charge < -0.3 is 14.5 Å². The first-order valence-corrected chi connectivity index (χ1v) is 7.39. The van der Waals surface area contributed by atoms with Gasteiger partial charge in [0.05, 0.1) is 28.2 Å². The molecule has 6 heteroatoms. The summed E-state index contributed by atoms with van der Waals surface area (Å²) in [6.45, 7) is 5.10. The minimum Gasteiger partial charge on any atom is -0.458 e. The average Bonchev–Trinajstić information content (AvgIpc) is 2.74. The summed E-state index contributed by atoms with van der Waals surface area (Å²) < 4.78 is 11.1. The summed E-state index contributed by atoms with van der Waals surface area (Å²) in [6.07, 6.45) is 0. The van der Waals surface area contributed by atoms with Crippen LogP contribution < -0.4 is 5.32 Å². The van der Waals surface area contributed by atoms with Crippen molar-refractivity contribution in [3.63, 3.8) is 0 Å². The molecule has 0 unspecified atom stereocenters.